The van der Waals surface area contributed by atoms with Gasteiger partial charge in [-0.1, -0.05) is 27.2 Å². The van der Waals surface area contributed by atoms with Gasteiger partial charge in [0.15, 0.2) is 0 Å². The maximum Gasteiger partial charge on any atom is 0.279 e. The third kappa shape index (κ3) is 6.42. The number of aliphatic hydroxyl groups excluding tert-OH is 1. The number of rotatable bonds is 9. The lowest BCUT2D eigenvalue weighted by Crippen LogP contribution is -2.43. The van der Waals surface area contributed by atoms with Crippen LogP contribution in [0.5, 0.6) is 0 Å². The molecule has 0 rings (SSSR count). The highest BCUT2D eigenvalue weighted by Gasteiger charge is 2.20. The highest BCUT2D eigenvalue weighted by atomic mass is 32.2. The normalized spacial score (nSPS) is 12.6. The minimum absolute atomic E-state index is 0.147. The summed E-state index contributed by atoms with van der Waals surface area (Å²) >= 11 is 0. The maximum absolute atomic E-state index is 11.8. The fraction of sp³-hybridized carbons (Fsp3) is 1.00. The van der Waals surface area contributed by atoms with Crippen molar-refractivity contribution in [2.75, 3.05) is 26.2 Å². The summed E-state index contributed by atoms with van der Waals surface area (Å²) in [5.41, 5.74) is 0. The van der Waals surface area contributed by atoms with E-state index in [2.05, 4.69) is 4.72 Å². The van der Waals surface area contributed by atoms with Crippen LogP contribution in [0.2, 0.25) is 0 Å². The topological polar surface area (TPSA) is 69.6 Å². The van der Waals surface area contributed by atoms with Crippen molar-refractivity contribution in [3.63, 3.8) is 0 Å². The van der Waals surface area contributed by atoms with Crippen LogP contribution in [0.15, 0.2) is 0 Å². The number of nitrogens with zero attached hydrogens (tertiary/aromatic N) is 1. The van der Waals surface area contributed by atoms with Crippen molar-refractivity contribution < 1.29 is 13.5 Å². The molecule has 0 aromatic heterocycles. The molecule has 98 valence electrons. The molecular formula is C10H24N2O3S. The second kappa shape index (κ2) is 8.00. The molecule has 0 saturated carbocycles. The van der Waals surface area contributed by atoms with Crippen molar-refractivity contribution in [1.82, 2.24) is 9.03 Å². The van der Waals surface area contributed by atoms with Crippen LogP contribution in [0, 0.1) is 5.92 Å². The van der Waals surface area contributed by atoms with Gasteiger partial charge in [-0.3, -0.25) is 0 Å². The van der Waals surface area contributed by atoms with Crippen molar-refractivity contribution >= 4 is 10.2 Å². The van der Waals surface area contributed by atoms with E-state index < -0.39 is 10.2 Å². The molecule has 0 spiro atoms. The summed E-state index contributed by atoms with van der Waals surface area (Å²) in [7, 11) is -3.43. The van der Waals surface area contributed by atoms with Crippen molar-refractivity contribution in [2.24, 2.45) is 5.92 Å². The third-order valence-electron chi connectivity index (χ3n) is 2.12. The van der Waals surface area contributed by atoms with Crippen molar-refractivity contribution in [3.8, 4) is 0 Å². The Bertz CT molecular complexity index is 265. The molecular weight excluding hydrogens is 228 g/mol. The van der Waals surface area contributed by atoms with Gasteiger partial charge in [0.2, 0.25) is 0 Å². The molecule has 0 aromatic carbocycles. The van der Waals surface area contributed by atoms with Crippen LogP contribution in [0.3, 0.4) is 0 Å². The Kier molecular flexibility index (Phi) is 7.91. The zero-order valence-corrected chi connectivity index (χ0v) is 11.3. The average molecular weight is 252 g/mol. The molecule has 0 fully saturated rings. The molecule has 0 aliphatic rings. The molecule has 0 atom stereocenters. The van der Waals surface area contributed by atoms with E-state index in [0.717, 1.165) is 12.8 Å². The van der Waals surface area contributed by atoms with Gasteiger partial charge >= 0.3 is 0 Å². The van der Waals surface area contributed by atoms with E-state index >= 15 is 0 Å². The first-order valence-corrected chi connectivity index (χ1v) is 7.23. The first-order chi connectivity index (χ1) is 7.44. The summed E-state index contributed by atoms with van der Waals surface area (Å²) in [6.45, 7) is 6.81. The van der Waals surface area contributed by atoms with Crippen molar-refractivity contribution in [2.45, 2.75) is 33.6 Å². The van der Waals surface area contributed by atoms with Crippen LogP contribution < -0.4 is 4.72 Å². The summed E-state index contributed by atoms with van der Waals surface area (Å²) in [4.78, 5) is 0. The number of nitrogens with one attached hydrogen (secondary N) is 1. The molecule has 0 aliphatic heterocycles. The van der Waals surface area contributed by atoms with Crippen LogP contribution in [0.25, 0.3) is 0 Å². The molecule has 0 aromatic rings. The lowest BCUT2D eigenvalue weighted by molar-refractivity contribution is 0.251. The predicted octanol–water partition coefficient (Wildman–Crippen LogP) is 0.571. The molecule has 0 bridgehead atoms. The largest absolute Gasteiger partial charge is 0.395 e. The van der Waals surface area contributed by atoms with E-state index in [0.29, 0.717) is 13.1 Å². The average Bonchev–Trinajstić information content (AvgIpc) is 2.21. The van der Waals surface area contributed by atoms with Gasteiger partial charge in [0.25, 0.3) is 10.2 Å². The number of hydrogen-bond acceptors (Lipinski definition) is 3. The molecule has 0 unspecified atom stereocenters. The van der Waals surface area contributed by atoms with Gasteiger partial charge in [0, 0.05) is 19.6 Å². The van der Waals surface area contributed by atoms with Gasteiger partial charge in [0.05, 0.1) is 6.61 Å². The Balaban J connectivity index is 4.37. The first-order valence-electron chi connectivity index (χ1n) is 5.79. The van der Waals surface area contributed by atoms with Crippen LogP contribution >= 0.6 is 0 Å². The summed E-state index contributed by atoms with van der Waals surface area (Å²) in [5, 5.41) is 8.84. The smallest absolute Gasteiger partial charge is 0.279 e. The summed E-state index contributed by atoms with van der Waals surface area (Å²) in [5.74, 6) is 0.275. The number of aliphatic hydroxyl groups is 1. The van der Waals surface area contributed by atoms with Gasteiger partial charge in [-0.25, -0.2) is 4.72 Å². The van der Waals surface area contributed by atoms with Gasteiger partial charge in [-0.2, -0.15) is 12.7 Å². The zero-order chi connectivity index (χ0) is 12.6. The third-order valence-corrected chi connectivity index (χ3v) is 3.70. The highest BCUT2D eigenvalue weighted by molar-refractivity contribution is 7.87. The second-order valence-electron chi connectivity index (χ2n) is 4.22. The number of hydrogen-bond donors (Lipinski definition) is 2. The van der Waals surface area contributed by atoms with Crippen molar-refractivity contribution in [3.05, 3.63) is 0 Å². The Morgan fingerprint density at radius 1 is 1.31 bits per heavy atom. The fourth-order valence-corrected chi connectivity index (χ4v) is 2.58. The minimum Gasteiger partial charge on any atom is -0.395 e. The molecule has 16 heavy (non-hydrogen) atoms. The van der Waals surface area contributed by atoms with E-state index in [4.69, 9.17) is 5.11 Å². The Morgan fingerprint density at radius 2 is 1.94 bits per heavy atom. The summed E-state index contributed by atoms with van der Waals surface area (Å²) < 4.78 is 27.5. The first kappa shape index (κ1) is 15.8. The van der Waals surface area contributed by atoms with E-state index in [9.17, 15) is 8.42 Å². The standard InChI is InChI=1S/C10H24N2O3S/c1-4-5-6-12(7-8-13)16(14,15)11-9-10(2)3/h10-11,13H,4-9H2,1-3H3. The van der Waals surface area contributed by atoms with Gasteiger partial charge in [-0.05, 0) is 12.3 Å². The molecule has 0 amide bonds. The molecule has 2 N–H and O–H groups in total. The van der Waals surface area contributed by atoms with E-state index in [1.165, 1.54) is 4.31 Å². The molecule has 5 nitrogen and oxygen atoms in total. The van der Waals surface area contributed by atoms with Gasteiger partial charge in [0.1, 0.15) is 0 Å². The Hall–Kier alpha value is -0.170. The van der Waals surface area contributed by atoms with Gasteiger partial charge in [-0.15, -0.1) is 0 Å². The molecule has 0 heterocycles. The molecule has 0 aliphatic carbocycles. The van der Waals surface area contributed by atoms with E-state index in [-0.39, 0.29) is 19.1 Å². The fourth-order valence-electron chi connectivity index (χ4n) is 1.16. The van der Waals surface area contributed by atoms with E-state index in [1.54, 1.807) is 0 Å². The molecule has 0 saturated heterocycles. The lowest BCUT2D eigenvalue weighted by atomic mass is 10.2. The van der Waals surface area contributed by atoms with E-state index in [1.807, 2.05) is 20.8 Å². The maximum atomic E-state index is 11.8. The quantitative estimate of drug-likeness (QED) is 0.630. The van der Waals surface area contributed by atoms with Gasteiger partial charge < -0.3 is 5.11 Å². The van der Waals surface area contributed by atoms with Crippen LogP contribution in [0.1, 0.15) is 33.6 Å². The Labute approximate surface area is 99.0 Å². The summed E-state index contributed by atoms with van der Waals surface area (Å²) in [6, 6.07) is 0. The van der Waals surface area contributed by atoms with Crippen LogP contribution in [-0.2, 0) is 10.2 Å². The summed E-state index contributed by atoms with van der Waals surface area (Å²) in [6.07, 6.45) is 1.74. The van der Waals surface area contributed by atoms with Crippen LogP contribution in [0.4, 0.5) is 0 Å². The van der Waals surface area contributed by atoms with Crippen molar-refractivity contribution in [1.29, 1.82) is 0 Å². The Morgan fingerprint density at radius 3 is 2.38 bits per heavy atom. The zero-order valence-electron chi connectivity index (χ0n) is 10.4. The molecule has 0 radical (unpaired) electrons. The SMILES string of the molecule is CCCCN(CCO)S(=O)(=O)NCC(C)C. The van der Waals surface area contributed by atoms with Crippen LogP contribution in [-0.4, -0.2) is 44.1 Å². The molecule has 6 heteroatoms. The lowest BCUT2D eigenvalue weighted by Gasteiger charge is -2.21. The second-order valence-corrected chi connectivity index (χ2v) is 5.98. The minimum atomic E-state index is -3.43. The monoisotopic (exact) mass is 252 g/mol. The number of unbranched alkanes of at least 4 members (excludes halogenated alkanes) is 1. The highest BCUT2D eigenvalue weighted by Crippen LogP contribution is 2.02. The predicted molar refractivity (Wildman–Crippen MR) is 65.3 cm³/mol.